The Morgan fingerprint density at radius 1 is 1.00 bits per heavy atom. The second-order valence-electron chi connectivity index (χ2n) is 7.32. The number of urea groups is 1. The summed E-state index contributed by atoms with van der Waals surface area (Å²) in [5.74, 6) is -0.220. The van der Waals surface area contributed by atoms with E-state index in [2.05, 4.69) is 15.6 Å². The first-order chi connectivity index (χ1) is 15.0. The molecule has 0 radical (unpaired) electrons. The molecule has 0 spiro atoms. The van der Waals surface area contributed by atoms with E-state index in [1.54, 1.807) is 6.33 Å². The maximum Gasteiger partial charge on any atom is 0.312 e. The molecule has 0 fully saturated rings. The molecule has 1 atom stereocenters. The molecule has 4 N–H and O–H groups in total. The average molecular weight is 413 g/mol. The number of fused-ring (bicyclic) bond motifs is 1. The molecule has 7 nitrogen and oxygen atoms in total. The molecule has 31 heavy (non-hydrogen) atoms. The van der Waals surface area contributed by atoms with E-state index in [0.29, 0.717) is 5.69 Å². The minimum Gasteiger partial charge on any atom is -0.352 e. The van der Waals surface area contributed by atoms with Gasteiger partial charge in [-0.3, -0.25) is 9.36 Å². The van der Waals surface area contributed by atoms with Crippen LogP contribution in [0, 0.1) is 6.92 Å². The van der Waals surface area contributed by atoms with Crippen LogP contribution in [0.5, 0.6) is 0 Å². The van der Waals surface area contributed by atoms with Crippen LogP contribution in [0.1, 0.15) is 23.6 Å². The highest BCUT2D eigenvalue weighted by Gasteiger charge is 2.19. The normalized spacial score (nSPS) is 11.8. The lowest BCUT2D eigenvalue weighted by atomic mass is 9.98. The van der Waals surface area contributed by atoms with Gasteiger partial charge in [0.25, 0.3) is 0 Å². The predicted molar refractivity (Wildman–Crippen MR) is 121 cm³/mol. The molecular weight excluding hydrogens is 390 g/mol. The van der Waals surface area contributed by atoms with E-state index in [1.165, 1.54) is 0 Å². The summed E-state index contributed by atoms with van der Waals surface area (Å²) in [5, 5.41) is 5.55. The summed E-state index contributed by atoms with van der Waals surface area (Å²) in [7, 11) is 0. The molecule has 0 saturated heterocycles. The Bertz CT molecular complexity index is 1230. The number of primary amides is 1. The fraction of sp³-hybridized carbons (Fsp3) is 0.125. The van der Waals surface area contributed by atoms with Gasteiger partial charge in [0, 0.05) is 11.4 Å². The van der Waals surface area contributed by atoms with Crippen LogP contribution in [-0.4, -0.2) is 21.5 Å². The summed E-state index contributed by atoms with van der Waals surface area (Å²) in [6.07, 6.45) is 1.85. The fourth-order valence-electron chi connectivity index (χ4n) is 3.66. The molecule has 0 unspecified atom stereocenters. The second-order valence-corrected chi connectivity index (χ2v) is 7.32. The van der Waals surface area contributed by atoms with Crippen LogP contribution in [0.3, 0.4) is 0 Å². The number of imidazole rings is 1. The van der Waals surface area contributed by atoms with Gasteiger partial charge < -0.3 is 16.4 Å². The fourth-order valence-corrected chi connectivity index (χ4v) is 3.66. The number of carbonyl (C=O) groups excluding carboxylic acids is 2. The summed E-state index contributed by atoms with van der Waals surface area (Å²) in [4.78, 5) is 28.5. The third-order valence-electron chi connectivity index (χ3n) is 5.15. The third-order valence-corrected chi connectivity index (χ3v) is 5.15. The number of aromatic nitrogens is 2. The number of aryl methyl sites for hydroxylation is 1. The van der Waals surface area contributed by atoms with E-state index in [1.807, 2.05) is 84.3 Å². The molecule has 4 aromatic rings. The highest BCUT2D eigenvalue weighted by molar-refractivity contribution is 5.91. The lowest BCUT2D eigenvalue weighted by molar-refractivity contribution is -0.116. The number of hydrogen-bond acceptors (Lipinski definition) is 3. The van der Waals surface area contributed by atoms with Gasteiger partial charge in [-0.1, -0.05) is 36.4 Å². The molecule has 0 saturated carbocycles. The van der Waals surface area contributed by atoms with Gasteiger partial charge in [0.2, 0.25) is 5.91 Å². The van der Waals surface area contributed by atoms with Gasteiger partial charge in [-0.25, -0.2) is 9.78 Å². The minimum absolute atomic E-state index is 0.0711. The van der Waals surface area contributed by atoms with Gasteiger partial charge in [0.15, 0.2) is 0 Å². The molecule has 4 rings (SSSR count). The van der Waals surface area contributed by atoms with Gasteiger partial charge in [0.1, 0.15) is 6.33 Å². The standard InChI is InChI=1S/C24H23N5O2/c1-16-6-2-3-7-19(16)21(28-24(25)31)14-23(30)27-17-10-12-18(13-11-17)29-15-26-20-8-4-5-9-22(20)29/h2-13,15,21H,14H2,1H3,(H,27,30)(H3,25,28,31)/t21-/m1/s1. The lowest BCUT2D eigenvalue weighted by Crippen LogP contribution is -2.35. The smallest absolute Gasteiger partial charge is 0.312 e. The van der Waals surface area contributed by atoms with Crippen molar-refractivity contribution in [3.63, 3.8) is 0 Å². The Labute approximate surface area is 179 Å². The van der Waals surface area contributed by atoms with Crippen LogP contribution in [0.2, 0.25) is 0 Å². The molecule has 7 heteroatoms. The zero-order valence-electron chi connectivity index (χ0n) is 17.1. The van der Waals surface area contributed by atoms with Crippen molar-refractivity contribution in [3.8, 4) is 5.69 Å². The first-order valence-electron chi connectivity index (χ1n) is 9.95. The van der Waals surface area contributed by atoms with Gasteiger partial charge in [-0.15, -0.1) is 0 Å². The number of carbonyl (C=O) groups is 2. The van der Waals surface area contributed by atoms with Gasteiger partial charge in [-0.05, 0) is 54.4 Å². The number of anilines is 1. The van der Waals surface area contributed by atoms with Gasteiger partial charge in [0.05, 0.1) is 23.5 Å². The number of amides is 3. The van der Waals surface area contributed by atoms with Crippen molar-refractivity contribution in [2.24, 2.45) is 5.73 Å². The number of nitrogens with zero attached hydrogens (tertiary/aromatic N) is 2. The Hall–Kier alpha value is -4.13. The monoisotopic (exact) mass is 413 g/mol. The van der Waals surface area contributed by atoms with Crippen molar-refractivity contribution in [2.75, 3.05) is 5.32 Å². The van der Waals surface area contributed by atoms with Crippen LogP contribution in [0.25, 0.3) is 16.7 Å². The van der Waals surface area contributed by atoms with Crippen LogP contribution < -0.4 is 16.4 Å². The van der Waals surface area contributed by atoms with Crippen molar-refractivity contribution in [3.05, 3.63) is 90.3 Å². The molecule has 0 bridgehead atoms. The number of rotatable bonds is 6. The first-order valence-corrected chi connectivity index (χ1v) is 9.95. The highest BCUT2D eigenvalue weighted by Crippen LogP contribution is 2.23. The predicted octanol–water partition coefficient (Wildman–Crippen LogP) is 4.07. The molecule has 3 amide bonds. The minimum atomic E-state index is -0.669. The first kappa shape index (κ1) is 20.2. The Morgan fingerprint density at radius 3 is 2.45 bits per heavy atom. The quantitative estimate of drug-likeness (QED) is 0.444. The SMILES string of the molecule is Cc1ccccc1[C@@H](CC(=O)Nc1ccc(-n2cnc3ccccc32)cc1)NC(N)=O. The summed E-state index contributed by atoms with van der Waals surface area (Å²) >= 11 is 0. The van der Waals surface area contributed by atoms with Gasteiger partial charge >= 0.3 is 6.03 Å². The van der Waals surface area contributed by atoms with Crippen molar-refractivity contribution in [1.29, 1.82) is 0 Å². The van der Waals surface area contributed by atoms with Crippen molar-refractivity contribution in [1.82, 2.24) is 14.9 Å². The lowest BCUT2D eigenvalue weighted by Gasteiger charge is -2.19. The van der Waals surface area contributed by atoms with E-state index >= 15 is 0 Å². The number of nitrogens with one attached hydrogen (secondary N) is 2. The van der Waals surface area contributed by atoms with Crippen LogP contribution in [0.15, 0.2) is 79.1 Å². The van der Waals surface area contributed by atoms with Gasteiger partial charge in [-0.2, -0.15) is 0 Å². The molecule has 1 aromatic heterocycles. The average Bonchev–Trinajstić information content (AvgIpc) is 3.18. The molecule has 0 aliphatic heterocycles. The number of nitrogens with two attached hydrogens (primary N) is 1. The van der Waals surface area contributed by atoms with E-state index in [-0.39, 0.29) is 12.3 Å². The zero-order chi connectivity index (χ0) is 21.8. The Kier molecular flexibility index (Phi) is 5.66. The van der Waals surface area contributed by atoms with E-state index in [9.17, 15) is 9.59 Å². The Balaban J connectivity index is 1.47. The zero-order valence-corrected chi connectivity index (χ0v) is 17.1. The van der Waals surface area contributed by atoms with Crippen molar-refractivity contribution >= 4 is 28.7 Å². The number of hydrogen-bond donors (Lipinski definition) is 3. The summed E-state index contributed by atoms with van der Waals surface area (Å²) in [6.45, 7) is 1.93. The summed E-state index contributed by atoms with van der Waals surface area (Å²) in [5.41, 5.74) is 10.7. The molecular formula is C24H23N5O2. The maximum absolute atomic E-state index is 12.7. The van der Waals surface area contributed by atoms with Crippen molar-refractivity contribution in [2.45, 2.75) is 19.4 Å². The summed E-state index contributed by atoms with van der Waals surface area (Å²) < 4.78 is 1.99. The van der Waals surface area contributed by atoms with Crippen LogP contribution in [0.4, 0.5) is 10.5 Å². The van der Waals surface area contributed by atoms with Crippen LogP contribution >= 0.6 is 0 Å². The second kappa shape index (κ2) is 8.71. The number of benzene rings is 3. The van der Waals surface area contributed by atoms with Crippen LogP contribution in [-0.2, 0) is 4.79 Å². The van der Waals surface area contributed by atoms with Crippen molar-refractivity contribution < 1.29 is 9.59 Å². The van der Waals surface area contributed by atoms with E-state index in [0.717, 1.165) is 27.8 Å². The van der Waals surface area contributed by atoms with E-state index in [4.69, 9.17) is 5.73 Å². The Morgan fingerprint density at radius 2 is 1.71 bits per heavy atom. The molecule has 156 valence electrons. The number of para-hydroxylation sites is 2. The van der Waals surface area contributed by atoms with E-state index < -0.39 is 12.1 Å². The highest BCUT2D eigenvalue weighted by atomic mass is 16.2. The largest absolute Gasteiger partial charge is 0.352 e. The third kappa shape index (κ3) is 4.56. The molecule has 1 heterocycles. The molecule has 0 aliphatic rings. The molecule has 3 aromatic carbocycles. The summed E-state index contributed by atoms with van der Waals surface area (Å²) in [6, 6.07) is 21.8. The molecule has 0 aliphatic carbocycles. The maximum atomic E-state index is 12.7. The topological polar surface area (TPSA) is 102 Å².